The van der Waals surface area contributed by atoms with E-state index in [1.165, 1.54) is 0 Å². The number of hydrogen-bond acceptors (Lipinski definition) is 4. The lowest BCUT2D eigenvalue weighted by atomic mass is 9.98. The lowest BCUT2D eigenvalue weighted by Gasteiger charge is -2.29. The summed E-state index contributed by atoms with van der Waals surface area (Å²) in [5.74, 6) is 0. The van der Waals surface area contributed by atoms with Crippen LogP contribution in [-0.2, 0) is 16.2 Å². The molecule has 4 rings (SSSR count). The average molecular weight is 289 g/mol. The maximum atomic E-state index is 12.5. The van der Waals surface area contributed by atoms with Gasteiger partial charge in [-0.2, -0.15) is 5.06 Å². The minimum atomic E-state index is -0.210. The fourth-order valence-electron chi connectivity index (χ4n) is 3.33. The quantitative estimate of drug-likeness (QED) is 0.842. The smallest absolute Gasteiger partial charge is 0.344 e. The van der Waals surface area contributed by atoms with Crippen molar-refractivity contribution in [2.45, 2.75) is 43.9 Å². The van der Waals surface area contributed by atoms with E-state index in [4.69, 9.17) is 15.3 Å². The summed E-state index contributed by atoms with van der Waals surface area (Å²) in [6.45, 7) is 1.13. The Labute approximate surface area is 123 Å². The van der Waals surface area contributed by atoms with Gasteiger partial charge in [-0.1, -0.05) is 30.3 Å². The number of hydrogen-bond donors (Lipinski definition) is 1. The molecule has 3 aliphatic rings. The van der Waals surface area contributed by atoms with Gasteiger partial charge in [0.05, 0.1) is 12.1 Å². The van der Waals surface area contributed by atoms with Gasteiger partial charge in [0.2, 0.25) is 0 Å². The Morgan fingerprint density at radius 1 is 1.29 bits per heavy atom. The Morgan fingerprint density at radius 3 is 2.76 bits per heavy atom. The molecular weight excluding hydrogens is 270 g/mol. The SMILES string of the molecule is NC1OC1C1CCC2CN1C(=O)N2OCc1ccccc1. The first-order valence-electron chi connectivity index (χ1n) is 7.42. The molecule has 2 amide bonds. The molecule has 0 aromatic heterocycles. The van der Waals surface area contributed by atoms with Crippen molar-refractivity contribution in [3.05, 3.63) is 35.9 Å². The van der Waals surface area contributed by atoms with Crippen LogP contribution < -0.4 is 5.73 Å². The number of epoxide rings is 1. The number of amides is 2. The van der Waals surface area contributed by atoms with Crippen LogP contribution in [0.3, 0.4) is 0 Å². The van der Waals surface area contributed by atoms with E-state index in [0.29, 0.717) is 13.2 Å². The van der Waals surface area contributed by atoms with Crippen LogP contribution in [0.4, 0.5) is 4.79 Å². The molecule has 0 saturated carbocycles. The first-order valence-corrected chi connectivity index (χ1v) is 7.42. The molecule has 3 fully saturated rings. The molecule has 3 heterocycles. The predicted molar refractivity (Wildman–Crippen MR) is 74.8 cm³/mol. The number of piperidine rings is 1. The highest BCUT2D eigenvalue weighted by atomic mass is 16.7. The normalized spacial score (nSPS) is 34.4. The molecule has 4 atom stereocenters. The van der Waals surface area contributed by atoms with Crippen LogP contribution >= 0.6 is 0 Å². The second-order valence-corrected chi connectivity index (χ2v) is 5.88. The van der Waals surface area contributed by atoms with Gasteiger partial charge in [0, 0.05) is 6.54 Å². The van der Waals surface area contributed by atoms with Gasteiger partial charge in [-0.15, -0.1) is 0 Å². The van der Waals surface area contributed by atoms with E-state index in [0.717, 1.165) is 18.4 Å². The largest absolute Gasteiger partial charge is 0.351 e. The first-order chi connectivity index (χ1) is 10.2. The van der Waals surface area contributed by atoms with Gasteiger partial charge in [0.1, 0.15) is 18.9 Å². The average Bonchev–Trinajstić information content (AvgIpc) is 3.19. The van der Waals surface area contributed by atoms with Gasteiger partial charge >= 0.3 is 6.03 Å². The van der Waals surface area contributed by atoms with Crippen LogP contribution in [0.5, 0.6) is 0 Å². The zero-order valence-electron chi connectivity index (χ0n) is 11.7. The van der Waals surface area contributed by atoms with Crippen LogP contribution in [-0.4, -0.2) is 47.0 Å². The van der Waals surface area contributed by atoms with E-state index in [1.807, 2.05) is 35.2 Å². The zero-order chi connectivity index (χ0) is 14.4. The van der Waals surface area contributed by atoms with Gasteiger partial charge in [-0.3, -0.25) is 4.84 Å². The minimum Gasteiger partial charge on any atom is -0.351 e. The summed E-state index contributed by atoms with van der Waals surface area (Å²) in [5.41, 5.74) is 6.80. The third-order valence-electron chi connectivity index (χ3n) is 4.52. The second-order valence-electron chi connectivity index (χ2n) is 5.88. The summed E-state index contributed by atoms with van der Waals surface area (Å²) < 4.78 is 5.34. The molecule has 0 spiro atoms. The maximum Gasteiger partial charge on any atom is 0.344 e. The monoisotopic (exact) mass is 289 g/mol. The molecule has 2 bridgehead atoms. The number of ether oxygens (including phenoxy) is 1. The molecule has 3 aliphatic heterocycles. The van der Waals surface area contributed by atoms with Crippen LogP contribution in [0.25, 0.3) is 0 Å². The summed E-state index contributed by atoms with van der Waals surface area (Å²) in [4.78, 5) is 20.1. The fraction of sp³-hybridized carbons (Fsp3) is 0.533. The molecule has 2 N–H and O–H groups in total. The summed E-state index contributed by atoms with van der Waals surface area (Å²) in [7, 11) is 0. The molecule has 6 heteroatoms. The van der Waals surface area contributed by atoms with Crippen molar-refractivity contribution >= 4 is 6.03 Å². The fourth-order valence-corrected chi connectivity index (χ4v) is 3.33. The van der Waals surface area contributed by atoms with Crippen molar-refractivity contribution in [3.8, 4) is 0 Å². The van der Waals surface area contributed by atoms with E-state index in [2.05, 4.69) is 0 Å². The molecule has 21 heavy (non-hydrogen) atoms. The predicted octanol–water partition coefficient (Wildman–Crippen LogP) is 1.07. The van der Waals surface area contributed by atoms with Crippen molar-refractivity contribution in [3.63, 3.8) is 0 Å². The molecule has 112 valence electrons. The van der Waals surface area contributed by atoms with Crippen LogP contribution in [0.1, 0.15) is 18.4 Å². The molecule has 6 nitrogen and oxygen atoms in total. The highest BCUT2D eigenvalue weighted by Crippen LogP contribution is 2.37. The third kappa shape index (κ3) is 2.29. The molecule has 0 radical (unpaired) electrons. The molecule has 1 aromatic rings. The number of benzene rings is 1. The molecular formula is C15H19N3O3. The molecule has 0 aliphatic carbocycles. The Morgan fingerprint density at radius 2 is 2.05 bits per heavy atom. The maximum absolute atomic E-state index is 12.5. The standard InChI is InChI=1S/C15H19N3O3/c16-14-13(21-14)12-7-6-11-8-17(12)15(19)18(11)20-9-10-4-2-1-3-5-10/h1-5,11-14H,6-9,16H2. The van der Waals surface area contributed by atoms with Crippen molar-refractivity contribution in [2.75, 3.05) is 6.54 Å². The Kier molecular flexibility index (Phi) is 3.10. The number of hydroxylamine groups is 2. The van der Waals surface area contributed by atoms with E-state index >= 15 is 0 Å². The van der Waals surface area contributed by atoms with Gasteiger partial charge < -0.3 is 15.4 Å². The lowest BCUT2D eigenvalue weighted by Crippen LogP contribution is -2.44. The highest BCUT2D eigenvalue weighted by molar-refractivity contribution is 5.77. The van der Waals surface area contributed by atoms with Crippen molar-refractivity contribution in [1.82, 2.24) is 9.96 Å². The number of fused-ring (bicyclic) bond motifs is 2. The summed E-state index contributed by atoms with van der Waals surface area (Å²) in [6, 6.07) is 10.1. The van der Waals surface area contributed by atoms with E-state index < -0.39 is 0 Å². The van der Waals surface area contributed by atoms with E-state index in [1.54, 1.807) is 5.06 Å². The van der Waals surface area contributed by atoms with Gasteiger partial charge in [-0.05, 0) is 18.4 Å². The topological polar surface area (TPSA) is 71.3 Å². The van der Waals surface area contributed by atoms with Crippen LogP contribution in [0.2, 0.25) is 0 Å². The number of carbonyl (C=O) groups is 1. The summed E-state index contributed by atoms with van der Waals surface area (Å²) in [6.07, 6.45) is 1.66. The number of nitrogens with two attached hydrogens (primary N) is 1. The summed E-state index contributed by atoms with van der Waals surface area (Å²) in [5, 5.41) is 1.54. The van der Waals surface area contributed by atoms with Crippen molar-refractivity contribution in [2.24, 2.45) is 5.73 Å². The number of rotatable bonds is 4. The molecule has 3 saturated heterocycles. The van der Waals surface area contributed by atoms with Crippen LogP contribution in [0.15, 0.2) is 30.3 Å². The third-order valence-corrected chi connectivity index (χ3v) is 4.52. The minimum absolute atomic E-state index is 0.00368. The second kappa shape index (κ2) is 4.98. The van der Waals surface area contributed by atoms with Crippen molar-refractivity contribution in [1.29, 1.82) is 0 Å². The Balaban J connectivity index is 1.42. The molecule has 4 unspecified atom stereocenters. The number of urea groups is 1. The van der Waals surface area contributed by atoms with Crippen molar-refractivity contribution < 1.29 is 14.4 Å². The van der Waals surface area contributed by atoms with Gasteiger partial charge in [0.15, 0.2) is 0 Å². The summed E-state index contributed by atoms with van der Waals surface area (Å²) >= 11 is 0. The zero-order valence-corrected chi connectivity index (χ0v) is 11.7. The van der Waals surface area contributed by atoms with Crippen LogP contribution in [0, 0.1) is 0 Å². The molecule has 1 aromatic carbocycles. The van der Waals surface area contributed by atoms with Gasteiger partial charge in [-0.25, -0.2) is 4.79 Å². The Bertz CT molecular complexity index is 538. The lowest BCUT2D eigenvalue weighted by molar-refractivity contribution is -0.140. The van der Waals surface area contributed by atoms with E-state index in [9.17, 15) is 4.79 Å². The van der Waals surface area contributed by atoms with Gasteiger partial charge in [0.25, 0.3) is 0 Å². The Hall–Kier alpha value is -1.63. The highest BCUT2D eigenvalue weighted by Gasteiger charge is 2.53. The van der Waals surface area contributed by atoms with E-state index in [-0.39, 0.29) is 30.4 Å². The first kappa shape index (κ1) is 13.1. The number of nitrogens with zero attached hydrogens (tertiary/aromatic N) is 2. The number of carbonyl (C=O) groups excluding carboxylic acids is 1.